The molecule has 47 valence electrons. The molecule has 0 atom stereocenters. The molecule has 2 rings (SSSR count). The minimum absolute atomic E-state index is 0.735. The molecule has 0 amide bonds. The van der Waals surface area contributed by atoms with E-state index in [1.807, 2.05) is 6.20 Å². The molecule has 1 aliphatic heterocycles. The Hall–Kier alpha value is -0.760. The van der Waals surface area contributed by atoms with Gasteiger partial charge in [-0.3, -0.25) is 0 Å². The van der Waals surface area contributed by atoms with Crippen molar-refractivity contribution in [3.63, 3.8) is 0 Å². The average molecular weight is 122 g/mol. The zero-order chi connectivity index (χ0) is 6.10. The van der Waals surface area contributed by atoms with Crippen molar-refractivity contribution in [3.05, 3.63) is 23.5 Å². The molecule has 0 fully saturated rings. The molecule has 1 radical (unpaired) electrons. The Kier molecular flexibility index (Phi) is 1.06. The van der Waals surface area contributed by atoms with E-state index < -0.39 is 0 Å². The third-order valence-electron chi connectivity index (χ3n) is 1.60. The second-order valence-electron chi connectivity index (χ2n) is 2.19. The van der Waals surface area contributed by atoms with Gasteiger partial charge in [0.25, 0.3) is 0 Å². The average Bonchev–Trinajstić information content (AvgIpc) is 2.33. The van der Waals surface area contributed by atoms with Crippen LogP contribution in [0.4, 0.5) is 0 Å². The fourth-order valence-corrected chi connectivity index (χ4v) is 1.08. The highest BCUT2D eigenvalue weighted by Gasteiger charge is 2.08. The van der Waals surface area contributed by atoms with Crippen molar-refractivity contribution in [2.24, 2.45) is 0 Å². The molecular weight excluding hydrogens is 114 g/mol. The number of aromatic amines is 1. The minimum atomic E-state index is 0.735. The molecule has 1 aliphatic rings. The molecule has 1 N–H and O–H groups in total. The van der Waals surface area contributed by atoms with Gasteiger partial charge in [-0.25, -0.2) is 0 Å². The second kappa shape index (κ2) is 1.88. The van der Waals surface area contributed by atoms with E-state index >= 15 is 0 Å². The molecule has 2 nitrogen and oxygen atoms in total. The van der Waals surface area contributed by atoms with E-state index in [9.17, 15) is 0 Å². The van der Waals surface area contributed by atoms with Crippen LogP contribution in [0.15, 0.2) is 6.20 Å². The van der Waals surface area contributed by atoms with Gasteiger partial charge in [0.15, 0.2) is 0 Å². The van der Waals surface area contributed by atoms with E-state index in [1.54, 1.807) is 0 Å². The maximum Gasteiger partial charge on any atom is 0.0868 e. The van der Waals surface area contributed by atoms with Crippen LogP contribution < -0.4 is 0 Å². The summed E-state index contributed by atoms with van der Waals surface area (Å²) in [6.07, 6.45) is 2.86. The topological polar surface area (TPSA) is 25.0 Å². The smallest absolute Gasteiger partial charge is 0.0868 e. The standard InChI is InChI=1S/C7H8NO/c1-3-8-7-5-9-4-2-6(1)7/h3,8H,2,4-5H2. The molecule has 1 aromatic rings. The highest BCUT2D eigenvalue weighted by Crippen LogP contribution is 2.12. The van der Waals surface area contributed by atoms with Crippen LogP contribution in [0.5, 0.6) is 0 Å². The van der Waals surface area contributed by atoms with Gasteiger partial charge in [0.2, 0.25) is 0 Å². The summed E-state index contributed by atoms with van der Waals surface area (Å²) in [7, 11) is 0. The molecule has 0 bridgehead atoms. The van der Waals surface area contributed by atoms with Gasteiger partial charge in [-0.1, -0.05) is 0 Å². The second-order valence-corrected chi connectivity index (χ2v) is 2.19. The molecule has 1 aromatic heterocycles. The first kappa shape index (κ1) is 5.06. The SMILES string of the molecule is [c]1c[nH]c2c1CCOC2. The molecule has 0 aromatic carbocycles. The molecule has 0 unspecified atom stereocenters. The number of hydrogen-bond acceptors (Lipinski definition) is 1. The van der Waals surface area contributed by atoms with Crippen molar-refractivity contribution in [2.75, 3.05) is 6.61 Å². The predicted octanol–water partition coefficient (Wildman–Crippen LogP) is 0.888. The molecule has 9 heavy (non-hydrogen) atoms. The number of H-pyrrole nitrogens is 1. The molecule has 0 saturated carbocycles. The highest BCUT2D eigenvalue weighted by molar-refractivity contribution is 5.19. The largest absolute Gasteiger partial charge is 0.375 e. The van der Waals surface area contributed by atoms with E-state index in [0.29, 0.717) is 0 Å². The Bertz CT molecular complexity index is 184. The molecule has 0 aliphatic carbocycles. The van der Waals surface area contributed by atoms with Crippen LogP contribution in [-0.2, 0) is 17.8 Å². The van der Waals surface area contributed by atoms with Crippen molar-refractivity contribution >= 4 is 0 Å². The quantitative estimate of drug-likeness (QED) is 0.543. The fraction of sp³-hybridized carbons (Fsp3) is 0.429. The van der Waals surface area contributed by atoms with Crippen molar-refractivity contribution in [1.82, 2.24) is 4.98 Å². The van der Waals surface area contributed by atoms with Crippen LogP contribution in [0.2, 0.25) is 0 Å². The number of rotatable bonds is 0. The molecule has 2 heteroatoms. The van der Waals surface area contributed by atoms with Crippen LogP contribution in [0.1, 0.15) is 11.3 Å². The van der Waals surface area contributed by atoms with E-state index in [2.05, 4.69) is 11.1 Å². The number of aromatic nitrogens is 1. The number of fused-ring (bicyclic) bond motifs is 1. The summed E-state index contributed by atoms with van der Waals surface area (Å²) in [5.74, 6) is 0. The Balaban J connectivity index is 2.39. The summed E-state index contributed by atoms with van der Waals surface area (Å²) in [5.41, 5.74) is 2.49. The Morgan fingerprint density at radius 2 is 2.67 bits per heavy atom. The fourth-order valence-electron chi connectivity index (χ4n) is 1.08. The number of nitrogens with one attached hydrogen (secondary N) is 1. The lowest BCUT2D eigenvalue weighted by Crippen LogP contribution is -2.07. The Labute approximate surface area is 53.8 Å². The lowest BCUT2D eigenvalue weighted by atomic mass is 10.1. The summed E-state index contributed by atoms with van der Waals surface area (Å²) >= 11 is 0. The highest BCUT2D eigenvalue weighted by atomic mass is 16.5. The number of hydrogen-bond donors (Lipinski definition) is 1. The van der Waals surface area contributed by atoms with Gasteiger partial charge in [-0.05, 0) is 12.0 Å². The summed E-state index contributed by atoms with van der Waals surface area (Å²) in [4.78, 5) is 3.08. The van der Waals surface area contributed by atoms with E-state index in [1.165, 1.54) is 11.3 Å². The summed E-state index contributed by atoms with van der Waals surface area (Å²) in [5, 5.41) is 0. The van der Waals surface area contributed by atoms with E-state index in [-0.39, 0.29) is 0 Å². The lowest BCUT2D eigenvalue weighted by Gasteiger charge is -2.10. The monoisotopic (exact) mass is 122 g/mol. The third kappa shape index (κ3) is 0.754. The van der Waals surface area contributed by atoms with E-state index in [0.717, 1.165) is 19.6 Å². The summed E-state index contributed by atoms with van der Waals surface area (Å²) in [6, 6.07) is 3.12. The van der Waals surface area contributed by atoms with Crippen molar-refractivity contribution in [2.45, 2.75) is 13.0 Å². The maximum atomic E-state index is 5.20. The first-order valence-corrected chi connectivity index (χ1v) is 3.11. The first-order chi connectivity index (χ1) is 4.47. The van der Waals surface area contributed by atoms with Gasteiger partial charge >= 0.3 is 0 Å². The van der Waals surface area contributed by atoms with Crippen LogP contribution in [-0.4, -0.2) is 11.6 Å². The molecular formula is C7H8NO. The maximum absolute atomic E-state index is 5.20. The summed E-state index contributed by atoms with van der Waals surface area (Å²) in [6.45, 7) is 1.58. The van der Waals surface area contributed by atoms with Gasteiger partial charge in [0.1, 0.15) is 0 Å². The third-order valence-corrected chi connectivity index (χ3v) is 1.60. The molecule has 2 heterocycles. The van der Waals surface area contributed by atoms with Gasteiger partial charge in [0.05, 0.1) is 13.2 Å². The van der Waals surface area contributed by atoms with Crippen molar-refractivity contribution < 1.29 is 4.74 Å². The van der Waals surface area contributed by atoms with Crippen LogP contribution in [0.3, 0.4) is 0 Å². The predicted molar refractivity (Wildman–Crippen MR) is 33.0 cm³/mol. The van der Waals surface area contributed by atoms with Crippen molar-refractivity contribution in [3.8, 4) is 0 Å². The number of ether oxygens (including phenoxy) is 1. The van der Waals surface area contributed by atoms with Gasteiger partial charge in [-0.2, -0.15) is 0 Å². The lowest BCUT2D eigenvalue weighted by molar-refractivity contribution is 0.108. The van der Waals surface area contributed by atoms with Crippen LogP contribution in [0, 0.1) is 6.07 Å². The van der Waals surface area contributed by atoms with Gasteiger partial charge in [-0.15, -0.1) is 0 Å². The zero-order valence-electron chi connectivity index (χ0n) is 5.11. The minimum Gasteiger partial charge on any atom is -0.375 e. The van der Waals surface area contributed by atoms with E-state index in [4.69, 9.17) is 4.74 Å². The summed E-state index contributed by atoms with van der Waals surface area (Å²) < 4.78 is 5.20. The zero-order valence-corrected chi connectivity index (χ0v) is 5.11. The molecule has 0 spiro atoms. The van der Waals surface area contributed by atoms with Crippen LogP contribution >= 0.6 is 0 Å². The molecule has 0 saturated heterocycles. The Morgan fingerprint density at radius 3 is 3.56 bits per heavy atom. The van der Waals surface area contributed by atoms with Gasteiger partial charge in [0, 0.05) is 18.0 Å². The Morgan fingerprint density at radius 1 is 1.67 bits per heavy atom. The first-order valence-electron chi connectivity index (χ1n) is 3.11. The van der Waals surface area contributed by atoms with Gasteiger partial charge < -0.3 is 9.72 Å². The van der Waals surface area contributed by atoms with Crippen LogP contribution in [0.25, 0.3) is 0 Å². The van der Waals surface area contributed by atoms with Crippen molar-refractivity contribution in [1.29, 1.82) is 0 Å². The normalized spacial score (nSPS) is 17.3.